The van der Waals surface area contributed by atoms with Crippen molar-refractivity contribution in [2.45, 2.75) is 38.3 Å². The fourth-order valence-corrected chi connectivity index (χ4v) is 6.98. The number of carbonyl (C=O) groups excluding carboxylic acids is 1. The molecular formula is C37H34N4O. The van der Waals surface area contributed by atoms with Gasteiger partial charge in [0.25, 0.3) is 0 Å². The standard InChI is InChI=1S/C37H34N4O/c1-3-33(40-24-23-34-27(2)31-21-13-14-22-35(31)41(34)36(40)42)32-25-39(26-38-32)37(28-15-7-4-8-16-28,29-17-9-5-10-18-29)30-19-11-6-12-20-30/h4-22,25-26,33H,3,23-24H2,1-2H3. The molecule has 0 saturated carbocycles. The number of carbonyl (C=O) groups is 1. The molecule has 0 saturated heterocycles. The van der Waals surface area contributed by atoms with Crippen molar-refractivity contribution in [1.29, 1.82) is 0 Å². The minimum absolute atomic E-state index is 0.0300. The average Bonchev–Trinajstić information content (AvgIpc) is 3.64. The third-order valence-electron chi connectivity index (χ3n) is 8.95. The molecule has 3 heterocycles. The van der Waals surface area contributed by atoms with Gasteiger partial charge in [0, 0.05) is 30.2 Å². The molecule has 1 aliphatic heterocycles. The first-order valence-corrected chi connectivity index (χ1v) is 14.8. The van der Waals surface area contributed by atoms with Gasteiger partial charge in [-0.1, -0.05) is 116 Å². The van der Waals surface area contributed by atoms with E-state index in [9.17, 15) is 4.79 Å². The Labute approximate surface area is 246 Å². The summed E-state index contributed by atoms with van der Waals surface area (Å²) >= 11 is 0. The molecule has 0 radical (unpaired) electrons. The highest BCUT2D eigenvalue weighted by atomic mass is 16.2. The molecule has 5 heteroatoms. The van der Waals surface area contributed by atoms with Gasteiger partial charge in [0.15, 0.2) is 0 Å². The van der Waals surface area contributed by atoms with Crippen molar-refractivity contribution in [1.82, 2.24) is 19.0 Å². The van der Waals surface area contributed by atoms with Crippen molar-refractivity contribution >= 4 is 16.9 Å². The first-order chi connectivity index (χ1) is 20.6. The van der Waals surface area contributed by atoms with E-state index in [2.05, 4.69) is 128 Å². The second-order valence-electron chi connectivity index (χ2n) is 11.1. The number of para-hydroxylation sites is 1. The predicted octanol–water partition coefficient (Wildman–Crippen LogP) is 7.96. The minimum Gasteiger partial charge on any atom is -0.319 e. The summed E-state index contributed by atoms with van der Waals surface area (Å²) in [5, 5.41) is 1.15. The minimum atomic E-state index is -0.639. The number of imidazole rings is 1. The SMILES string of the molecule is CCC(c1cn(C(c2ccccc2)(c2ccccc2)c2ccccc2)cn1)N1CCc2c(C)c3ccccc3n2C1=O. The van der Waals surface area contributed by atoms with E-state index in [1.165, 1.54) is 5.56 Å². The van der Waals surface area contributed by atoms with Crippen molar-refractivity contribution in [3.63, 3.8) is 0 Å². The molecule has 1 unspecified atom stereocenters. The van der Waals surface area contributed by atoms with E-state index < -0.39 is 5.54 Å². The lowest BCUT2D eigenvalue weighted by molar-refractivity contribution is 0.165. The van der Waals surface area contributed by atoms with Crippen molar-refractivity contribution in [2.24, 2.45) is 0 Å². The van der Waals surface area contributed by atoms with Gasteiger partial charge >= 0.3 is 6.03 Å². The molecule has 0 N–H and O–H groups in total. The van der Waals surface area contributed by atoms with E-state index in [1.54, 1.807) is 0 Å². The van der Waals surface area contributed by atoms with E-state index in [4.69, 9.17) is 4.98 Å². The number of hydrogen-bond donors (Lipinski definition) is 0. The highest BCUT2D eigenvalue weighted by Gasteiger charge is 2.40. The molecule has 5 nitrogen and oxygen atoms in total. The summed E-state index contributed by atoms with van der Waals surface area (Å²) in [5.74, 6) is 0. The second kappa shape index (κ2) is 10.5. The molecule has 4 aromatic carbocycles. The fourth-order valence-electron chi connectivity index (χ4n) is 6.98. The van der Waals surface area contributed by atoms with Gasteiger partial charge in [-0.2, -0.15) is 0 Å². The largest absolute Gasteiger partial charge is 0.329 e. The van der Waals surface area contributed by atoms with E-state index >= 15 is 0 Å². The second-order valence-corrected chi connectivity index (χ2v) is 11.1. The zero-order chi connectivity index (χ0) is 28.7. The number of amides is 1. The number of benzene rings is 4. The van der Waals surface area contributed by atoms with Crippen LogP contribution in [0.1, 0.15) is 53.0 Å². The quantitative estimate of drug-likeness (QED) is 0.189. The van der Waals surface area contributed by atoms with Gasteiger partial charge in [-0.3, -0.25) is 4.57 Å². The van der Waals surface area contributed by atoms with Gasteiger partial charge in [-0.25, -0.2) is 9.78 Å². The van der Waals surface area contributed by atoms with Crippen LogP contribution in [0.2, 0.25) is 0 Å². The Hall–Kier alpha value is -4.90. The van der Waals surface area contributed by atoms with Crippen LogP contribution in [0.5, 0.6) is 0 Å². The molecule has 2 aromatic heterocycles. The molecule has 1 aliphatic rings. The highest BCUT2D eigenvalue weighted by molar-refractivity contribution is 5.96. The third-order valence-corrected chi connectivity index (χ3v) is 8.95. The van der Waals surface area contributed by atoms with Crippen LogP contribution in [0.15, 0.2) is 128 Å². The number of nitrogens with zero attached hydrogens (tertiary/aromatic N) is 4. The Bertz CT molecular complexity index is 1760. The Balaban J connectivity index is 1.36. The van der Waals surface area contributed by atoms with Gasteiger partial charge in [-0.15, -0.1) is 0 Å². The third kappa shape index (κ3) is 3.92. The van der Waals surface area contributed by atoms with Gasteiger partial charge < -0.3 is 9.47 Å². The Kier molecular flexibility index (Phi) is 6.50. The number of aryl methyl sites for hydroxylation is 1. The molecule has 0 fully saturated rings. The number of aromatic nitrogens is 3. The molecule has 7 rings (SSSR count). The lowest BCUT2D eigenvalue weighted by Gasteiger charge is -2.37. The van der Waals surface area contributed by atoms with Gasteiger partial charge in [0.1, 0.15) is 5.54 Å². The van der Waals surface area contributed by atoms with Crippen LogP contribution in [0.4, 0.5) is 4.79 Å². The predicted molar refractivity (Wildman–Crippen MR) is 168 cm³/mol. The highest BCUT2D eigenvalue weighted by Crippen LogP contribution is 2.42. The van der Waals surface area contributed by atoms with Gasteiger partial charge in [0.2, 0.25) is 0 Å². The van der Waals surface area contributed by atoms with E-state index in [0.29, 0.717) is 6.54 Å². The molecule has 0 aliphatic carbocycles. The summed E-state index contributed by atoms with van der Waals surface area (Å²) in [4.78, 5) is 21.2. The molecule has 1 atom stereocenters. The van der Waals surface area contributed by atoms with Gasteiger partial charge in [0.05, 0.1) is 23.6 Å². The monoisotopic (exact) mass is 550 g/mol. The summed E-state index contributed by atoms with van der Waals surface area (Å²) < 4.78 is 4.16. The first kappa shape index (κ1) is 26.0. The molecule has 208 valence electrons. The van der Waals surface area contributed by atoms with Crippen molar-refractivity contribution in [3.8, 4) is 0 Å². The Morgan fingerprint density at radius 3 is 1.90 bits per heavy atom. The van der Waals surface area contributed by atoms with Crippen molar-refractivity contribution in [3.05, 3.63) is 161 Å². The number of rotatable bonds is 7. The van der Waals surface area contributed by atoms with Crippen molar-refractivity contribution < 1.29 is 4.79 Å². The molecule has 6 aromatic rings. The summed E-state index contributed by atoms with van der Waals surface area (Å²) in [5.41, 5.74) is 7.00. The molecule has 42 heavy (non-hydrogen) atoms. The molecule has 0 spiro atoms. The average molecular weight is 551 g/mol. The lowest BCUT2D eigenvalue weighted by atomic mass is 9.77. The van der Waals surface area contributed by atoms with Crippen LogP contribution >= 0.6 is 0 Å². The zero-order valence-electron chi connectivity index (χ0n) is 24.0. The maximum absolute atomic E-state index is 14.1. The summed E-state index contributed by atoms with van der Waals surface area (Å²) in [6.45, 7) is 4.94. The zero-order valence-corrected chi connectivity index (χ0v) is 24.0. The molecule has 0 bridgehead atoms. The maximum atomic E-state index is 14.1. The lowest BCUT2D eigenvalue weighted by Crippen LogP contribution is -2.43. The topological polar surface area (TPSA) is 43.1 Å². The maximum Gasteiger partial charge on any atom is 0.329 e. The summed E-state index contributed by atoms with van der Waals surface area (Å²) in [7, 11) is 0. The van der Waals surface area contributed by atoms with Gasteiger partial charge in [-0.05, 0) is 41.7 Å². The smallest absolute Gasteiger partial charge is 0.319 e. The normalized spacial score (nSPS) is 14.2. The Morgan fingerprint density at radius 2 is 1.33 bits per heavy atom. The molecular weight excluding hydrogens is 516 g/mol. The summed E-state index contributed by atoms with van der Waals surface area (Å²) in [6.07, 6.45) is 5.69. The van der Waals surface area contributed by atoms with Crippen LogP contribution in [-0.4, -0.2) is 31.6 Å². The van der Waals surface area contributed by atoms with Crippen LogP contribution in [-0.2, 0) is 12.0 Å². The van der Waals surface area contributed by atoms with E-state index in [1.807, 2.05) is 27.9 Å². The fraction of sp³-hybridized carbons (Fsp3) is 0.189. The number of fused-ring (bicyclic) bond motifs is 3. The Morgan fingerprint density at radius 1 is 0.786 bits per heavy atom. The summed E-state index contributed by atoms with van der Waals surface area (Å²) in [6, 6.07) is 40.0. The first-order valence-electron chi connectivity index (χ1n) is 14.8. The number of hydrogen-bond acceptors (Lipinski definition) is 2. The van der Waals surface area contributed by atoms with E-state index in [0.717, 1.165) is 51.8 Å². The molecule has 1 amide bonds. The van der Waals surface area contributed by atoms with Crippen LogP contribution in [0.25, 0.3) is 10.9 Å². The van der Waals surface area contributed by atoms with Crippen LogP contribution < -0.4 is 0 Å². The van der Waals surface area contributed by atoms with Crippen LogP contribution in [0, 0.1) is 6.92 Å². The van der Waals surface area contributed by atoms with E-state index in [-0.39, 0.29) is 12.1 Å². The van der Waals surface area contributed by atoms with Crippen LogP contribution in [0.3, 0.4) is 0 Å². The van der Waals surface area contributed by atoms with Crippen molar-refractivity contribution in [2.75, 3.05) is 6.54 Å².